The molecule has 2 saturated heterocycles. The molecular formula is C12H23NO3. The molecule has 2 bridgehead atoms. The van der Waals surface area contributed by atoms with Crippen LogP contribution in [0.4, 0.5) is 0 Å². The molecule has 0 aliphatic carbocycles. The average molecular weight is 229 g/mol. The molecule has 2 rings (SSSR count). The fourth-order valence-electron chi connectivity index (χ4n) is 3.28. The molecule has 0 radical (unpaired) electrons. The molecular weight excluding hydrogens is 206 g/mol. The standard InChI is InChI=1S/C12H23NO3/c1-13-9-4-5-10(13)7-12(14,6-9)8-11(15-2)16-3/h9-11,14H,4-8H2,1-3H3. The Bertz CT molecular complexity index is 228. The molecule has 2 aliphatic rings. The molecule has 2 atom stereocenters. The van der Waals surface area contributed by atoms with Gasteiger partial charge in [0.15, 0.2) is 6.29 Å². The van der Waals surface area contributed by atoms with Crippen molar-refractivity contribution in [2.75, 3.05) is 21.3 Å². The number of methoxy groups -OCH3 is 2. The van der Waals surface area contributed by atoms with Crippen molar-refractivity contribution >= 4 is 0 Å². The first-order valence-electron chi connectivity index (χ1n) is 6.08. The Morgan fingerprint density at radius 2 is 1.75 bits per heavy atom. The van der Waals surface area contributed by atoms with Crippen molar-refractivity contribution in [3.63, 3.8) is 0 Å². The van der Waals surface area contributed by atoms with Gasteiger partial charge in [-0.3, -0.25) is 0 Å². The maximum absolute atomic E-state index is 10.6. The van der Waals surface area contributed by atoms with Crippen LogP contribution in [0, 0.1) is 0 Å². The van der Waals surface area contributed by atoms with Gasteiger partial charge in [0.1, 0.15) is 0 Å². The third-order valence-electron chi connectivity index (χ3n) is 4.29. The van der Waals surface area contributed by atoms with Gasteiger partial charge < -0.3 is 19.5 Å². The van der Waals surface area contributed by atoms with Gasteiger partial charge in [-0.05, 0) is 32.7 Å². The van der Waals surface area contributed by atoms with Crippen LogP contribution >= 0.6 is 0 Å². The van der Waals surface area contributed by atoms with Gasteiger partial charge in [-0.1, -0.05) is 0 Å². The first-order valence-corrected chi connectivity index (χ1v) is 6.08. The molecule has 94 valence electrons. The number of fused-ring (bicyclic) bond motifs is 2. The van der Waals surface area contributed by atoms with Crippen LogP contribution in [0.2, 0.25) is 0 Å². The summed E-state index contributed by atoms with van der Waals surface area (Å²) in [5.74, 6) is 0. The van der Waals surface area contributed by atoms with Gasteiger partial charge in [-0.2, -0.15) is 0 Å². The van der Waals surface area contributed by atoms with Gasteiger partial charge in [0.25, 0.3) is 0 Å². The molecule has 0 amide bonds. The van der Waals surface area contributed by atoms with E-state index in [-0.39, 0.29) is 6.29 Å². The third-order valence-corrected chi connectivity index (χ3v) is 4.29. The van der Waals surface area contributed by atoms with E-state index in [4.69, 9.17) is 9.47 Å². The zero-order chi connectivity index (χ0) is 11.8. The number of ether oxygens (including phenoxy) is 2. The lowest BCUT2D eigenvalue weighted by atomic mass is 9.83. The number of rotatable bonds is 4. The lowest BCUT2D eigenvalue weighted by Crippen LogP contribution is -2.50. The lowest BCUT2D eigenvalue weighted by Gasteiger charge is -2.43. The number of hydrogen-bond donors (Lipinski definition) is 1. The van der Waals surface area contributed by atoms with E-state index in [0.717, 1.165) is 12.8 Å². The second-order valence-corrected chi connectivity index (χ2v) is 5.29. The van der Waals surface area contributed by atoms with Crippen LogP contribution in [0.5, 0.6) is 0 Å². The summed E-state index contributed by atoms with van der Waals surface area (Å²) in [6, 6.07) is 1.08. The minimum absolute atomic E-state index is 0.284. The molecule has 2 aliphatic heterocycles. The minimum Gasteiger partial charge on any atom is -0.390 e. The van der Waals surface area contributed by atoms with E-state index in [1.54, 1.807) is 14.2 Å². The summed E-state index contributed by atoms with van der Waals surface area (Å²) in [4.78, 5) is 2.42. The van der Waals surface area contributed by atoms with Crippen molar-refractivity contribution in [2.24, 2.45) is 0 Å². The van der Waals surface area contributed by atoms with Crippen LogP contribution in [-0.2, 0) is 9.47 Å². The predicted molar refractivity (Wildman–Crippen MR) is 61.2 cm³/mol. The summed E-state index contributed by atoms with van der Waals surface area (Å²) in [6.07, 6.45) is 4.43. The summed E-state index contributed by atoms with van der Waals surface area (Å²) in [6.45, 7) is 0. The third kappa shape index (κ3) is 2.25. The van der Waals surface area contributed by atoms with E-state index < -0.39 is 5.60 Å². The van der Waals surface area contributed by atoms with Gasteiger partial charge in [-0.15, -0.1) is 0 Å². The van der Waals surface area contributed by atoms with Gasteiger partial charge in [0, 0.05) is 32.7 Å². The molecule has 2 heterocycles. The summed E-state index contributed by atoms with van der Waals surface area (Å²) in [5.41, 5.74) is -0.602. The highest BCUT2D eigenvalue weighted by molar-refractivity contribution is 5.01. The zero-order valence-electron chi connectivity index (χ0n) is 10.5. The molecule has 4 nitrogen and oxygen atoms in total. The topological polar surface area (TPSA) is 41.9 Å². The SMILES string of the molecule is COC(CC1(O)CC2CCC(C1)N2C)OC. The van der Waals surface area contributed by atoms with E-state index >= 15 is 0 Å². The molecule has 1 N–H and O–H groups in total. The molecule has 16 heavy (non-hydrogen) atoms. The van der Waals surface area contributed by atoms with Gasteiger partial charge in [-0.25, -0.2) is 0 Å². The Labute approximate surface area is 97.5 Å². The molecule has 2 unspecified atom stereocenters. The van der Waals surface area contributed by atoms with Crippen LogP contribution in [-0.4, -0.2) is 55.2 Å². The highest BCUT2D eigenvalue weighted by Crippen LogP contribution is 2.41. The second kappa shape index (κ2) is 4.61. The number of aliphatic hydroxyl groups is 1. The molecule has 0 spiro atoms. The Hall–Kier alpha value is -0.160. The number of hydrogen-bond acceptors (Lipinski definition) is 4. The maximum atomic E-state index is 10.6. The van der Waals surface area contributed by atoms with E-state index in [0.29, 0.717) is 18.5 Å². The van der Waals surface area contributed by atoms with Crippen molar-refractivity contribution in [3.05, 3.63) is 0 Å². The quantitative estimate of drug-likeness (QED) is 0.730. The van der Waals surface area contributed by atoms with Gasteiger partial charge >= 0.3 is 0 Å². The minimum atomic E-state index is -0.602. The highest BCUT2D eigenvalue weighted by Gasteiger charge is 2.46. The van der Waals surface area contributed by atoms with Crippen molar-refractivity contribution < 1.29 is 14.6 Å². The molecule has 0 saturated carbocycles. The van der Waals surface area contributed by atoms with Crippen LogP contribution in [0.25, 0.3) is 0 Å². The van der Waals surface area contributed by atoms with Crippen LogP contribution in [0.15, 0.2) is 0 Å². The van der Waals surface area contributed by atoms with Crippen molar-refractivity contribution in [1.29, 1.82) is 0 Å². The first-order chi connectivity index (χ1) is 7.58. The molecule has 4 heteroatoms. The Morgan fingerprint density at radius 3 is 2.19 bits per heavy atom. The number of piperidine rings is 1. The zero-order valence-corrected chi connectivity index (χ0v) is 10.5. The Morgan fingerprint density at radius 1 is 1.25 bits per heavy atom. The molecule has 0 aromatic rings. The highest BCUT2D eigenvalue weighted by atomic mass is 16.7. The van der Waals surface area contributed by atoms with E-state index in [2.05, 4.69) is 11.9 Å². The van der Waals surface area contributed by atoms with Crippen molar-refractivity contribution in [2.45, 2.75) is 56.1 Å². The van der Waals surface area contributed by atoms with Crippen LogP contribution < -0.4 is 0 Å². The van der Waals surface area contributed by atoms with Crippen molar-refractivity contribution in [3.8, 4) is 0 Å². The van der Waals surface area contributed by atoms with Crippen molar-refractivity contribution in [1.82, 2.24) is 4.90 Å². The largest absolute Gasteiger partial charge is 0.390 e. The Kier molecular flexibility index (Phi) is 3.54. The van der Waals surface area contributed by atoms with Crippen LogP contribution in [0.1, 0.15) is 32.1 Å². The smallest absolute Gasteiger partial charge is 0.159 e. The number of nitrogens with zero attached hydrogens (tertiary/aromatic N) is 1. The fraction of sp³-hybridized carbons (Fsp3) is 1.00. The molecule has 2 fully saturated rings. The predicted octanol–water partition coefficient (Wildman–Crippen LogP) is 0.983. The first kappa shape index (κ1) is 12.3. The van der Waals surface area contributed by atoms with Gasteiger partial charge in [0.2, 0.25) is 0 Å². The molecule has 0 aromatic carbocycles. The second-order valence-electron chi connectivity index (χ2n) is 5.29. The van der Waals surface area contributed by atoms with E-state index in [9.17, 15) is 5.11 Å². The average Bonchev–Trinajstić information content (AvgIpc) is 2.51. The summed E-state index contributed by atoms with van der Waals surface area (Å²) >= 11 is 0. The summed E-state index contributed by atoms with van der Waals surface area (Å²) < 4.78 is 10.4. The summed E-state index contributed by atoms with van der Waals surface area (Å²) in [7, 11) is 5.42. The van der Waals surface area contributed by atoms with E-state index in [1.165, 1.54) is 12.8 Å². The van der Waals surface area contributed by atoms with Crippen LogP contribution in [0.3, 0.4) is 0 Å². The summed E-state index contributed by atoms with van der Waals surface area (Å²) in [5, 5.41) is 10.6. The fourth-order valence-corrected chi connectivity index (χ4v) is 3.28. The normalized spacial score (nSPS) is 39.6. The Balaban J connectivity index is 1.99. The molecule has 0 aromatic heterocycles. The van der Waals surface area contributed by atoms with E-state index in [1.807, 2.05) is 0 Å². The van der Waals surface area contributed by atoms with Gasteiger partial charge in [0.05, 0.1) is 5.60 Å². The lowest BCUT2D eigenvalue weighted by molar-refractivity contribution is -0.158. The maximum Gasteiger partial charge on any atom is 0.159 e. The monoisotopic (exact) mass is 229 g/mol.